The third kappa shape index (κ3) is 4.42. The molecule has 116 valence electrons. The van der Waals surface area contributed by atoms with E-state index in [9.17, 15) is 4.79 Å². The fraction of sp³-hybridized carbons (Fsp3) is 0.588. The van der Waals surface area contributed by atoms with E-state index < -0.39 is 8.32 Å². The van der Waals surface area contributed by atoms with Gasteiger partial charge in [0.25, 0.3) is 0 Å². The molecule has 1 aromatic rings. The molecule has 2 rings (SSSR count). The number of ketones is 1. The lowest BCUT2D eigenvalue weighted by atomic mass is 9.82. The van der Waals surface area contributed by atoms with Gasteiger partial charge in [-0.3, -0.25) is 4.79 Å². The molecule has 0 unspecified atom stereocenters. The van der Waals surface area contributed by atoms with Crippen molar-refractivity contribution in [1.82, 2.24) is 0 Å². The van der Waals surface area contributed by atoms with Crippen molar-refractivity contribution in [3.8, 4) is 5.75 Å². The van der Waals surface area contributed by atoms with Gasteiger partial charge in [-0.25, -0.2) is 0 Å². The van der Waals surface area contributed by atoms with Gasteiger partial charge < -0.3 is 9.16 Å². The minimum Gasteiger partial charge on any atom is -0.497 e. The summed E-state index contributed by atoms with van der Waals surface area (Å²) in [5.74, 6) is 1.21. The molecule has 0 saturated heterocycles. The molecule has 0 amide bonds. The van der Waals surface area contributed by atoms with Crippen molar-refractivity contribution in [3.05, 3.63) is 29.8 Å². The molecule has 0 N–H and O–H groups in total. The number of rotatable bonds is 5. The maximum absolute atomic E-state index is 12.3. The quantitative estimate of drug-likeness (QED) is 0.759. The number of hydrogen-bond acceptors (Lipinski definition) is 3. The van der Waals surface area contributed by atoms with Crippen LogP contribution in [-0.2, 0) is 9.22 Å². The van der Waals surface area contributed by atoms with Crippen LogP contribution in [0.5, 0.6) is 5.75 Å². The highest BCUT2D eigenvalue weighted by molar-refractivity contribution is 6.69. The second-order valence-electron chi connectivity index (χ2n) is 6.74. The molecule has 0 bridgehead atoms. The van der Waals surface area contributed by atoms with E-state index >= 15 is 0 Å². The summed E-state index contributed by atoms with van der Waals surface area (Å²) in [6.45, 7) is 6.53. The molecule has 1 aliphatic rings. The van der Waals surface area contributed by atoms with E-state index in [0.717, 1.165) is 30.6 Å². The van der Waals surface area contributed by atoms with Crippen molar-refractivity contribution < 1.29 is 14.0 Å². The number of carbonyl (C=O) groups is 1. The molecule has 1 aromatic carbocycles. The average molecular weight is 306 g/mol. The highest BCUT2D eigenvalue weighted by Gasteiger charge is 2.34. The van der Waals surface area contributed by atoms with Crippen molar-refractivity contribution in [2.45, 2.75) is 51.4 Å². The number of benzene rings is 1. The molecule has 0 aromatic heterocycles. The maximum atomic E-state index is 12.3. The second kappa shape index (κ2) is 6.75. The van der Waals surface area contributed by atoms with E-state index in [1.165, 1.54) is 0 Å². The largest absolute Gasteiger partial charge is 0.497 e. The first-order chi connectivity index (χ1) is 9.90. The predicted molar refractivity (Wildman–Crippen MR) is 87.1 cm³/mol. The lowest BCUT2D eigenvalue weighted by molar-refractivity contribution is -0.128. The standard InChI is InChI=1S/C17H26O3Si/c1-19-14-11-9-13(10-12-14)17(20-21(2,3)4)15-7-5-6-8-16(15)18/h9-12,15,17H,5-8H2,1-4H3/t15-,17-/m1/s1. The smallest absolute Gasteiger partial charge is 0.184 e. The summed E-state index contributed by atoms with van der Waals surface area (Å²) in [6.07, 6.45) is 3.69. The van der Waals surface area contributed by atoms with Crippen molar-refractivity contribution in [2.24, 2.45) is 5.92 Å². The van der Waals surface area contributed by atoms with Gasteiger partial charge in [-0.1, -0.05) is 18.6 Å². The van der Waals surface area contributed by atoms with Gasteiger partial charge >= 0.3 is 0 Å². The third-order valence-corrected chi connectivity index (χ3v) is 4.85. The first kappa shape index (κ1) is 16.2. The van der Waals surface area contributed by atoms with Gasteiger partial charge in [0.05, 0.1) is 13.2 Å². The first-order valence-electron chi connectivity index (χ1n) is 7.75. The van der Waals surface area contributed by atoms with Crippen molar-refractivity contribution in [3.63, 3.8) is 0 Å². The van der Waals surface area contributed by atoms with Crippen LogP contribution in [0.4, 0.5) is 0 Å². The monoisotopic (exact) mass is 306 g/mol. The van der Waals surface area contributed by atoms with Crippen LogP contribution >= 0.6 is 0 Å². The summed E-state index contributed by atoms with van der Waals surface area (Å²) < 4.78 is 11.6. The van der Waals surface area contributed by atoms with Crippen LogP contribution in [0.1, 0.15) is 37.4 Å². The Labute approximate surface area is 128 Å². The van der Waals surface area contributed by atoms with Crippen molar-refractivity contribution in [1.29, 1.82) is 0 Å². The first-order valence-corrected chi connectivity index (χ1v) is 11.2. The van der Waals surface area contributed by atoms with Crippen LogP contribution in [0.15, 0.2) is 24.3 Å². The maximum Gasteiger partial charge on any atom is 0.184 e. The number of methoxy groups -OCH3 is 1. The summed E-state index contributed by atoms with van der Waals surface area (Å²) in [4.78, 5) is 12.3. The zero-order valence-electron chi connectivity index (χ0n) is 13.5. The number of carbonyl (C=O) groups excluding carboxylic acids is 1. The summed E-state index contributed by atoms with van der Waals surface area (Å²) >= 11 is 0. The molecule has 0 aliphatic heterocycles. The zero-order chi connectivity index (χ0) is 15.5. The van der Waals surface area contributed by atoms with Crippen molar-refractivity contribution in [2.75, 3.05) is 7.11 Å². The van der Waals surface area contributed by atoms with E-state index in [1.807, 2.05) is 24.3 Å². The van der Waals surface area contributed by atoms with E-state index in [-0.39, 0.29) is 12.0 Å². The third-order valence-electron chi connectivity index (χ3n) is 3.89. The van der Waals surface area contributed by atoms with Gasteiger partial charge in [0.1, 0.15) is 11.5 Å². The lowest BCUT2D eigenvalue weighted by Crippen LogP contribution is -2.35. The highest BCUT2D eigenvalue weighted by Crippen LogP contribution is 2.37. The van der Waals surface area contributed by atoms with Crippen LogP contribution in [0.3, 0.4) is 0 Å². The summed E-state index contributed by atoms with van der Waals surface area (Å²) in [7, 11) is -0.0596. The van der Waals surface area contributed by atoms with Crippen LogP contribution < -0.4 is 4.74 Å². The highest BCUT2D eigenvalue weighted by atomic mass is 28.4. The van der Waals surface area contributed by atoms with Crippen LogP contribution in [-0.4, -0.2) is 21.2 Å². The molecule has 0 spiro atoms. The normalized spacial score (nSPS) is 21.1. The van der Waals surface area contributed by atoms with Crippen molar-refractivity contribution >= 4 is 14.1 Å². The van der Waals surface area contributed by atoms with Crippen LogP contribution in [0, 0.1) is 5.92 Å². The predicted octanol–water partition coefficient (Wildman–Crippen LogP) is 4.35. The molecule has 3 nitrogen and oxygen atoms in total. The van der Waals surface area contributed by atoms with Gasteiger partial charge in [-0.05, 0) is 50.2 Å². The zero-order valence-corrected chi connectivity index (χ0v) is 14.5. The summed E-state index contributed by atoms with van der Waals surface area (Å²) in [5.41, 5.74) is 1.10. The molecule has 1 aliphatic carbocycles. The fourth-order valence-electron chi connectivity index (χ4n) is 2.89. The Morgan fingerprint density at radius 2 is 1.81 bits per heavy atom. The van der Waals surface area contributed by atoms with E-state index in [4.69, 9.17) is 9.16 Å². The van der Waals surface area contributed by atoms with E-state index in [1.54, 1.807) is 7.11 Å². The minimum atomic E-state index is -1.72. The molecule has 0 radical (unpaired) electrons. The summed E-state index contributed by atoms with van der Waals surface area (Å²) in [6, 6.07) is 7.96. The molecule has 21 heavy (non-hydrogen) atoms. The van der Waals surface area contributed by atoms with Gasteiger partial charge in [-0.15, -0.1) is 0 Å². The Morgan fingerprint density at radius 1 is 1.14 bits per heavy atom. The van der Waals surface area contributed by atoms with Gasteiger partial charge in [0.2, 0.25) is 0 Å². The molecular formula is C17H26O3Si. The Bertz CT molecular complexity index is 476. The Balaban J connectivity index is 2.27. The Kier molecular flexibility index (Phi) is 5.22. The molecule has 0 heterocycles. The fourth-order valence-corrected chi connectivity index (χ4v) is 3.95. The molecule has 1 fully saturated rings. The number of hydrogen-bond donors (Lipinski definition) is 0. The van der Waals surface area contributed by atoms with Crippen LogP contribution in [0.2, 0.25) is 19.6 Å². The summed E-state index contributed by atoms with van der Waals surface area (Å²) in [5, 5.41) is 0. The molecular weight excluding hydrogens is 280 g/mol. The van der Waals surface area contributed by atoms with E-state index in [0.29, 0.717) is 12.2 Å². The van der Waals surface area contributed by atoms with E-state index in [2.05, 4.69) is 19.6 Å². The Hall–Kier alpha value is -1.13. The van der Waals surface area contributed by atoms with Crippen LogP contribution in [0.25, 0.3) is 0 Å². The van der Waals surface area contributed by atoms with Gasteiger partial charge in [-0.2, -0.15) is 0 Å². The Morgan fingerprint density at radius 3 is 2.33 bits per heavy atom. The minimum absolute atomic E-state index is 0.0128. The SMILES string of the molecule is COc1ccc([C@@H](O[Si](C)(C)C)[C@@H]2CCCCC2=O)cc1. The average Bonchev–Trinajstić information content (AvgIpc) is 2.45. The molecule has 1 saturated carbocycles. The second-order valence-corrected chi connectivity index (χ2v) is 11.2. The molecule has 4 heteroatoms. The number of Topliss-reactive ketones (excluding diaryl/α,β-unsaturated/α-hetero) is 1. The number of ether oxygens (including phenoxy) is 1. The topological polar surface area (TPSA) is 35.5 Å². The van der Waals surface area contributed by atoms with Gasteiger partial charge in [0.15, 0.2) is 8.32 Å². The lowest BCUT2D eigenvalue weighted by Gasteiger charge is -2.34. The van der Waals surface area contributed by atoms with Gasteiger partial charge in [0, 0.05) is 12.3 Å². The molecule has 2 atom stereocenters.